The molecule has 0 radical (unpaired) electrons. The van der Waals surface area contributed by atoms with Gasteiger partial charge < -0.3 is 15.2 Å². The van der Waals surface area contributed by atoms with E-state index in [2.05, 4.69) is 13.8 Å². The zero-order chi connectivity index (χ0) is 8.97. The molecule has 2 N–H and O–H groups in total. The predicted molar refractivity (Wildman–Crippen MR) is 48.0 cm³/mol. The number of nitrogens with two attached hydrogens (primary N) is 1. The first-order valence-electron chi connectivity index (χ1n) is 4.69. The van der Waals surface area contributed by atoms with E-state index in [9.17, 15) is 0 Å². The highest BCUT2D eigenvalue weighted by atomic mass is 16.5. The summed E-state index contributed by atoms with van der Waals surface area (Å²) in [6.45, 7) is 6.38. The molecule has 1 fully saturated rings. The van der Waals surface area contributed by atoms with Gasteiger partial charge in [-0.25, -0.2) is 0 Å². The van der Waals surface area contributed by atoms with E-state index in [-0.39, 0.29) is 12.2 Å². The van der Waals surface area contributed by atoms with Crippen LogP contribution in [0.1, 0.15) is 20.3 Å². The van der Waals surface area contributed by atoms with Gasteiger partial charge in [-0.3, -0.25) is 0 Å². The van der Waals surface area contributed by atoms with E-state index in [1.54, 1.807) is 0 Å². The molecule has 72 valence electrons. The Morgan fingerprint density at radius 3 is 2.83 bits per heavy atom. The Bertz CT molecular complexity index is 120. The van der Waals surface area contributed by atoms with Gasteiger partial charge in [-0.15, -0.1) is 0 Å². The van der Waals surface area contributed by atoms with Gasteiger partial charge in [0.2, 0.25) is 0 Å². The highest BCUT2D eigenvalue weighted by Gasteiger charge is 2.28. The lowest BCUT2D eigenvalue weighted by atomic mass is 9.95. The molecule has 0 aliphatic carbocycles. The van der Waals surface area contributed by atoms with Gasteiger partial charge in [0.1, 0.15) is 0 Å². The summed E-state index contributed by atoms with van der Waals surface area (Å²) in [6, 6.07) is 0. The highest BCUT2D eigenvalue weighted by Crippen LogP contribution is 2.22. The van der Waals surface area contributed by atoms with Gasteiger partial charge in [-0.2, -0.15) is 0 Å². The zero-order valence-electron chi connectivity index (χ0n) is 7.95. The van der Waals surface area contributed by atoms with Crippen LogP contribution in [-0.2, 0) is 9.47 Å². The molecule has 0 unspecified atom stereocenters. The molecule has 1 heterocycles. The summed E-state index contributed by atoms with van der Waals surface area (Å²) >= 11 is 0. The van der Waals surface area contributed by atoms with Crippen molar-refractivity contribution in [1.82, 2.24) is 0 Å². The van der Waals surface area contributed by atoms with Crippen LogP contribution >= 0.6 is 0 Å². The maximum absolute atomic E-state index is 5.61. The molecule has 1 aliphatic heterocycles. The van der Waals surface area contributed by atoms with Gasteiger partial charge in [0.05, 0.1) is 18.8 Å². The molecule has 3 atom stereocenters. The second-order valence-corrected chi connectivity index (χ2v) is 3.47. The predicted octanol–water partition coefficient (Wildman–Crippen LogP) is 0.775. The lowest BCUT2D eigenvalue weighted by Gasteiger charge is -2.34. The molecule has 0 aromatic rings. The van der Waals surface area contributed by atoms with Gasteiger partial charge in [0.15, 0.2) is 0 Å². The standard InChI is InChI=1S/C9H19NO2/c1-7-3-5-11-8(2)9(7)12-6-4-10/h7-9H,3-6,10H2,1-2H3/t7-,8-,9+/m0/s1. The van der Waals surface area contributed by atoms with Crippen LogP contribution in [0.25, 0.3) is 0 Å². The molecule has 12 heavy (non-hydrogen) atoms. The average Bonchev–Trinajstić information content (AvgIpc) is 2.04. The minimum Gasteiger partial charge on any atom is -0.376 e. The first kappa shape index (κ1) is 9.96. The maximum atomic E-state index is 5.61. The Balaban J connectivity index is 2.34. The van der Waals surface area contributed by atoms with E-state index in [0.717, 1.165) is 13.0 Å². The molecule has 0 bridgehead atoms. The van der Waals surface area contributed by atoms with Crippen molar-refractivity contribution in [3.05, 3.63) is 0 Å². The van der Waals surface area contributed by atoms with E-state index < -0.39 is 0 Å². The van der Waals surface area contributed by atoms with Crippen LogP contribution < -0.4 is 5.73 Å². The third-order valence-corrected chi connectivity index (χ3v) is 2.41. The van der Waals surface area contributed by atoms with Crippen molar-refractivity contribution in [2.24, 2.45) is 11.7 Å². The SMILES string of the molecule is C[C@@H]1OCC[C@H](C)[C@H]1OCCN. The lowest BCUT2D eigenvalue weighted by Crippen LogP contribution is -2.40. The fraction of sp³-hybridized carbons (Fsp3) is 1.00. The lowest BCUT2D eigenvalue weighted by molar-refractivity contribution is -0.121. The van der Waals surface area contributed by atoms with Crippen molar-refractivity contribution < 1.29 is 9.47 Å². The third kappa shape index (κ3) is 2.44. The fourth-order valence-corrected chi connectivity index (χ4v) is 1.67. The van der Waals surface area contributed by atoms with E-state index in [1.165, 1.54) is 0 Å². The normalized spacial score (nSPS) is 36.8. The van der Waals surface area contributed by atoms with Crippen molar-refractivity contribution in [3.8, 4) is 0 Å². The van der Waals surface area contributed by atoms with Crippen LogP contribution in [0.2, 0.25) is 0 Å². The average molecular weight is 173 g/mol. The maximum Gasteiger partial charge on any atom is 0.0860 e. The second-order valence-electron chi connectivity index (χ2n) is 3.47. The molecule has 1 saturated heterocycles. The summed E-state index contributed by atoms with van der Waals surface area (Å²) in [5, 5.41) is 0. The smallest absolute Gasteiger partial charge is 0.0860 e. The Kier molecular flexibility index (Phi) is 3.98. The van der Waals surface area contributed by atoms with Crippen LogP contribution in [0.3, 0.4) is 0 Å². The van der Waals surface area contributed by atoms with Crippen LogP contribution in [0.5, 0.6) is 0 Å². The second kappa shape index (κ2) is 4.80. The minimum absolute atomic E-state index is 0.222. The molecule has 0 aromatic carbocycles. The van der Waals surface area contributed by atoms with Crippen LogP contribution in [0.15, 0.2) is 0 Å². The largest absolute Gasteiger partial charge is 0.376 e. The number of hydrogen-bond acceptors (Lipinski definition) is 3. The molecule has 3 heteroatoms. The van der Waals surface area contributed by atoms with Gasteiger partial charge in [0, 0.05) is 13.2 Å². The molecular formula is C9H19NO2. The summed E-state index contributed by atoms with van der Waals surface area (Å²) in [7, 11) is 0. The molecule has 0 amide bonds. The number of ether oxygens (including phenoxy) is 2. The van der Waals surface area contributed by atoms with Crippen LogP contribution in [0, 0.1) is 5.92 Å². The van der Waals surface area contributed by atoms with E-state index >= 15 is 0 Å². The summed E-state index contributed by atoms with van der Waals surface area (Å²) in [4.78, 5) is 0. The van der Waals surface area contributed by atoms with Crippen molar-refractivity contribution in [3.63, 3.8) is 0 Å². The molecule has 1 aliphatic rings. The highest BCUT2D eigenvalue weighted by molar-refractivity contribution is 4.77. The van der Waals surface area contributed by atoms with Gasteiger partial charge >= 0.3 is 0 Å². The van der Waals surface area contributed by atoms with Crippen LogP contribution in [-0.4, -0.2) is 32.0 Å². The first-order valence-corrected chi connectivity index (χ1v) is 4.69. The van der Waals surface area contributed by atoms with Crippen molar-refractivity contribution >= 4 is 0 Å². The third-order valence-electron chi connectivity index (χ3n) is 2.41. The zero-order valence-corrected chi connectivity index (χ0v) is 7.95. The van der Waals surface area contributed by atoms with Gasteiger partial charge in [-0.1, -0.05) is 6.92 Å². The molecule has 3 nitrogen and oxygen atoms in total. The Morgan fingerprint density at radius 1 is 1.50 bits per heavy atom. The van der Waals surface area contributed by atoms with E-state index in [4.69, 9.17) is 15.2 Å². The van der Waals surface area contributed by atoms with E-state index in [1.807, 2.05) is 0 Å². The van der Waals surface area contributed by atoms with Crippen molar-refractivity contribution in [2.45, 2.75) is 32.5 Å². The van der Waals surface area contributed by atoms with Gasteiger partial charge in [0.25, 0.3) is 0 Å². The Labute approximate surface area is 74.2 Å². The summed E-state index contributed by atoms with van der Waals surface area (Å²) in [5.41, 5.74) is 5.37. The Morgan fingerprint density at radius 2 is 2.25 bits per heavy atom. The quantitative estimate of drug-likeness (QED) is 0.685. The monoisotopic (exact) mass is 173 g/mol. The molecule has 1 rings (SSSR count). The minimum atomic E-state index is 0.222. The van der Waals surface area contributed by atoms with Crippen LogP contribution in [0.4, 0.5) is 0 Å². The number of rotatable bonds is 3. The van der Waals surface area contributed by atoms with Crippen molar-refractivity contribution in [2.75, 3.05) is 19.8 Å². The molecular weight excluding hydrogens is 154 g/mol. The number of hydrogen-bond donors (Lipinski definition) is 1. The summed E-state index contributed by atoms with van der Waals surface area (Å²) in [5.74, 6) is 0.597. The Hall–Kier alpha value is -0.120. The van der Waals surface area contributed by atoms with E-state index in [0.29, 0.717) is 19.1 Å². The van der Waals surface area contributed by atoms with Gasteiger partial charge in [-0.05, 0) is 19.3 Å². The molecule has 0 saturated carbocycles. The summed E-state index contributed by atoms with van der Waals surface area (Å²) < 4.78 is 11.1. The van der Waals surface area contributed by atoms with Crippen molar-refractivity contribution in [1.29, 1.82) is 0 Å². The topological polar surface area (TPSA) is 44.5 Å². The molecule has 0 spiro atoms. The molecule has 0 aromatic heterocycles. The first-order chi connectivity index (χ1) is 5.75. The fourth-order valence-electron chi connectivity index (χ4n) is 1.67. The summed E-state index contributed by atoms with van der Waals surface area (Å²) in [6.07, 6.45) is 1.56.